The Morgan fingerprint density at radius 3 is 2.19 bits per heavy atom. The fourth-order valence-electron chi connectivity index (χ4n) is 1.96. The second kappa shape index (κ2) is 10.3. The van der Waals surface area contributed by atoms with Crippen LogP contribution >= 0.6 is 39.1 Å². The first kappa shape index (κ1) is 21.2. The largest absolute Gasteiger partial charge is 0.456 e. The highest BCUT2D eigenvalue weighted by atomic mass is 79.9. The van der Waals surface area contributed by atoms with Gasteiger partial charge >= 0.3 is 5.97 Å². The third-order valence-electron chi connectivity index (χ3n) is 3.25. The second-order valence-electron chi connectivity index (χ2n) is 5.39. The first-order valence-corrected chi connectivity index (χ1v) is 9.34. The molecule has 9 heteroatoms. The standard InChI is InChI=1S/C18H15BrCl2N2O4/c19-14-6-5-13(9-15(14)21)23-17(25)10-27-18(26)8-7-16(24)22-12-3-1-11(20)2-4-12/h1-6,9H,7-8,10H2,(H,22,24)(H,23,25). The average Bonchev–Trinajstić information content (AvgIpc) is 2.63. The monoisotopic (exact) mass is 472 g/mol. The van der Waals surface area contributed by atoms with Gasteiger partial charge in [-0.15, -0.1) is 0 Å². The smallest absolute Gasteiger partial charge is 0.306 e. The Balaban J connectivity index is 1.69. The maximum absolute atomic E-state index is 11.8. The number of anilines is 2. The van der Waals surface area contributed by atoms with E-state index < -0.39 is 18.5 Å². The molecule has 0 aliphatic rings. The molecule has 2 aromatic carbocycles. The number of esters is 1. The summed E-state index contributed by atoms with van der Waals surface area (Å²) in [5, 5.41) is 6.18. The van der Waals surface area contributed by atoms with E-state index in [1.807, 2.05) is 0 Å². The van der Waals surface area contributed by atoms with E-state index in [4.69, 9.17) is 27.9 Å². The highest BCUT2D eigenvalue weighted by Crippen LogP contribution is 2.25. The van der Waals surface area contributed by atoms with Gasteiger partial charge < -0.3 is 15.4 Å². The summed E-state index contributed by atoms with van der Waals surface area (Å²) < 4.78 is 5.56. The summed E-state index contributed by atoms with van der Waals surface area (Å²) in [5.41, 5.74) is 1.05. The van der Waals surface area contributed by atoms with Crippen molar-refractivity contribution in [1.29, 1.82) is 0 Å². The van der Waals surface area contributed by atoms with Crippen LogP contribution in [0.15, 0.2) is 46.9 Å². The molecule has 0 radical (unpaired) electrons. The minimum atomic E-state index is -0.648. The lowest BCUT2D eigenvalue weighted by molar-refractivity contribution is -0.147. The van der Waals surface area contributed by atoms with E-state index in [9.17, 15) is 14.4 Å². The summed E-state index contributed by atoms with van der Waals surface area (Å²) in [6, 6.07) is 11.5. The lowest BCUT2D eigenvalue weighted by Crippen LogP contribution is -2.21. The predicted molar refractivity (Wildman–Crippen MR) is 108 cm³/mol. The van der Waals surface area contributed by atoms with Crippen molar-refractivity contribution in [3.8, 4) is 0 Å². The average molecular weight is 474 g/mol. The van der Waals surface area contributed by atoms with Crippen LogP contribution in [-0.2, 0) is 19.1 Å². The predicted octanol–water partition coefficient (Wildman–Crippen LogP) is 4.66. The van der Waals surface area contributed by atoms with Gasteiger partial charge in [0, 0.05) is 27.3 Å². The van der Waals surface area contributed by atoms with Gasteiger partial charge in [-0.1, -0.05) is 23.2 Å². The first-order valence-electron chi connectivity index (χ1n) is 7.79. The molecule has 0 unspecified atom stereocenters. The maximum atomic E-state index is 11.8. The summed E-state index contributed by atoms with van der Waals surface area (Å²) in [6.45, 7) is -0.453. The Kier molecular flexibility index (Phi) is 8.09. The van der Waals surface area contributed by atoms with Gasteiger partial charge in [0.2, 0.25) is 5.91 Å². The number of amides is 2. The Morgan fingerprint density at radius 1 is 0.889 bits per heavy atom. The highest BCUT2D eigenvalue weighted by Gasteiger charge is 2.11. The number of carbonyl (C=O) groups is 3. The van der Waals surface area contributed by atoms with Crippen LogP contribution < -0.4 is 10.6 Å². The van der Waals surface area contributed by atoms with E-state index in [0.29, 0.717) is 25.9 Å². The van der Waals surface area contributed by atoms with Crippen LogP contribution in [0.4, 0.5) is 11.4 Å². The van der Waals surface area contributed by atoms with E-state index >= 15 is 0 Å². The molecule has 0 fully saturated rings. The first-order chi connectivity index (χ1) is 12.8. The molecule has 0 spiro atoms. The number of carbonyl (C=O) groups excluding carboxylic acids is 3. The van der Waals surface area contributed by atoms with Crippen LogP contribution in [0.3, 0.4) is 0 Å². The quantitative estimate of drug-likeness (QED) is 0.573. The van der Waals surface area contributed by atoms with Crippen molar-refractivity contribution in [3.05, 3.63) is 57.0 Å². The van der Waals surface area contributed by atoms with Gasteiger partial charge in [-0.3, -0.25) is 14.4 Å². The lowest BCUT2D eigenvalue weighted by Gasteiger charge is -2.08. The zero-order chi connectivity index (χ0) is 19.8. The van der Waals surface area contributed by atoms with Gasteiger partial charge in [0.05, 0.1) is 11.4 Å². The minimum absolute atomic E-state index is 0.0641. The van der Waals surface area contributed by atoms with Crippen LogP contribution in [0.25, 0.3) is 0 Å². The van der Waals surface area contributed by atoms with Gasteiger partial charge in [-0.05, 0) is 58.4 Å². The second-order valence-corrected chi connectivity index (χ2v) is 7.09. The van der Waals surface area contributed by atoms with Crippen molar-refractivity contribution in [2.75, 3.05) is 17.2 Å². The van der Waals surface area contributed by atoms with Gasteiger partial charge in [0.1, 0.15) is 0 Å². The number of rotatable bonds is 7. The summed E-state index contributed by atoms with van der Waals surface area (Å²) in [4.78, 5) is 35.3. The van der Waals surface area contributed by atoms with Crippen LogP contribution in [0.2, 0.25) is 10.0 Å². The van der Waals surface area contributed by atoms with Crippen molar-refractivity contribution < 1.29 is 19.1 Å². The molecule has 0 aliphatic heterocycles. The molecule has 0 bridgehead atoms. The van der Waals surface area contributed by atoms with Gasteiger partial charge in [0.25, 0.3) is 5.91 Å². The van der Waals surface area contributed by atoms with Crippen LogP contribution in [0.1, 0.15) is 12.8 Å². The fraction of sp³-hybridized carbons (Fsp3) is 0.167. The van der Waals surface area contributed by atoms with E-state index in [1.165, 1.54) is 0 Å². The number of ether oxygens (including phenoxy) is 1. The molecule has 0 saturated heterocycles. The molecule has 0 aliphatic carbocycles. The van der Waals surface area contributed by atoms with Crippen molar-refractivity contribution >= 4 is 68.3 Å². The van der Waals surface area contributed by atoms with E-state index in [0.717, 1.165) is 0 Å². The number of hydrogen-bond acceptors (Lipinski definition) is 4. The summed E-state index contributed by atoms with van der Waals surface area (Å²) in [7, 11) is 0. The van der Waals surface area contributed by atoms with Crippen LogP contribution in [0.5, 0.6) is 0 Å². The molecule has 0 saturated carbocycles. The van der Waals surface area contributed by atoms with Gasteiger partial charge in [-0.2, -0.15) is 0 Å². The number of benzene rings is 2. The molecule has 2 N–H and O–H groups in total. The third kappa shape index (κ3) is 7.58. The van der Waals surface area contributed by atoms with Crippen LogP contribution in [-0.4, -0.2) is 24.4 Å². The van der Waals surface area contributed by atoms with Crippen molar-refractivity contribution in [2.24, 2.45) is 0 Å². The Morgan fingerprint density at radius 2 is 1.52 bits per heavy atom. The maximum Gasteiger partial charge on any atom is 0.306 e. The van der Waals surface area contributed by atoms with E-state index in [2.05, 4.69) is 26.6 Å². The molecule has 27 heavy (non-hydrogen) atoms. The number of hydrogen-bond donors (Lipinski definition) is 2. The minimum Gasteiger partial charge on any atom is -0.456 e. The summed E-state index contributed by atoms with van der Waals surface area (Å²) >= 11 is 14.9. The third-order valence-corrected chi connectivity index (χ3v) is 4.74. The molecule has 2 rings (SSSR count). The van der Waals surface area contributed by atoms with Crippen LogP contribution in [0, 0.1) is 0 Å². The topological polar surface area (TPSA) is 84.5 Å². The molecular formula is C18H15BrCl2N2O4. The Labute approximate surface area is 174 Å². The van der Waals surface area contributed by atoms with Gasteiger partial charge in [-0.25, -0.2) is 0 Å². The highest BCUT2D eigenvalue weighted by molar-refractivity contribution is 9.10. The molecule has 0 aromatic heterocycles. The van der Waals surface area contributed by atoms with Crippen molar-refractivity contribution in [2.45, 2.75) is 12.8 Å². The summed E-state index contributed by atoms with van der Waals surface area (Å²) in [6.07, 6.45) is -0.206. The molecule has 0 atom stereocenters. The molecule has 0 heterocycles. The molecule has 142 valence electrons. The van der Waals surface area contributed by atoms with Gasteiger partial charge in [0.15, 0.2) is 6.61 Å². The fourth-order valence-corrected chi connectivity index (χ4v) is 2.51. The number of halogens is 3. The van der Waals surface area contributed by atoms with E-state index in [-0.39, 0.29) is 18.7 Å². The lowest BCUT2D eigenvalue weighted by atomic mass is 10.2. The molecule has 2 aromatic rings. The Hall–Kier alpha value is -2.09. The van der Waals surface area contributed by atoms with E-state index in [1.54, 1.807) is 42.5 Å². The molecule has 6 nitrogen and oxygen atoms in total. The van der Waals surface area contributed by atoms with Crippen molar-refractivity contribution in [1.82, 2.24) is 0 Å². The summed E-state index contributed by atoms with van der Waals surface area (Å²) in [5.74, 6) is -1.50. The zero-order valence-corrected chi connectivity index (χ0v) is 17.0. The SMILES string of the molecule is O=C(CCC(=O)OCC(=O)Nc1ccc(Br)c(Cl)c1)Nc1ccc(Cl)cc1. The van der Waals surface area contributed by atoms with Crippen molar-refractivity contribution in [3.63, 3.8) is 0 Å². The molecule has 2 amide bonds. The zero-order valence-electron chi connectivity index (χ0n) is 13.9. The Bertz CT molecular complexity index is 844. The number of nitrogens with one attached hydrogen (secondary N) is 2. The molecular weight excluding hydrogens is 459 g/mol. The normalized spacial score (nSPS) is 10.2.